The molecule has 2 fully saturated rings. The number of carbonyl (C=O) groups excluding carboxylic acids is 3. The Morgan fingerprint density at radius 3 is 2.73 bits per heavy atom. The number of anilines is 1. The minimum atomic E-state index is -0.922. The van der Waals surface area contributed by atoms with Crippen LogP contribution >= 0.6 is 11.3 Å². The smallest absolute Gasteiger partial charge is 0.341 e. The van der Waals surface area contributed by atoms with Crippen LogP contribution in [0.3, 0.4) is 0 Å². The minimum absolute atomic E-state index is 0.0560. The van der Waals surface area contributed by atoms with Crippen LogP contribution in [0.5, 0.6) is 0 Å². The summed E-state index contributed by atoms with van der Waals surface area (Å²) in [4.78, 5) is 39.8. The van der Waals surface area contributed by atoms with Crippen molar-refractivity contribution in [2.45, 2.75) is 59.3 Å². The van der Waals surface area contributed by atoms with Gasteiger partial charge in [0.15, 0.2) is 5.78 Å². The molecular formula is C20H25NO4S. The van der Waals surface area contributed by atoms with Crippen molar-refractivity contribution in [3.63, 3.8) is 0 Å². The Morgan fingerprint density at radius 1 is 1.31 bits per heavy atom. The van der Waals surface area contributed by atoms with Crippen LogP contribution in [-0.4, -0.2) is 24.3 Å². The molecule has 0 aliphatic heterocycles. The van der Waals surface area contributed by atoms with Crippen molar-refractivity contribution < 1.29 is 19.1 Å². The van der Waals surface area contributed by atoms with Gasteiger partial charge in [-0.05, 0) is 56.9 Å². The van der Waals surface area contributed by atoms with Crippen LogP contribution in [0.4, 0.5) is 5.00 Å². The SMILES string of the molecule is CCOC(=O)c1c(NC(=O)C23CCC(C2)C(C)(C)C3=O)sc2c1CCC2. The lowest BCUT2D eigenvalue weighted by Crippen LogP contribution is -2.44. The van der Waals surface area contributed by atoms with Gasteiger partial charge in [0.2, 0.25) is 5.91 Å². The number of rotatable bonds is 4. The largest absolute Gasteiger partial charge is 0.462 e. The maximum Gasteiger partial charge on any atom is 0.341 e. The van der Waals surface area contributed by atoms with Crippen molar-refractivity contribution in [3.05, 3.63) is 16.0 Å². The van der Waals surface area contributed by atoms with Gasteiger partial charge in [-0.3, -0.25) is 9.59 Å². The van der Waals surface area contributed by atoms with Gasteiger partial charge < -0.3 is 10.1 Å². The van der Waals surface area contributed by atoms with Gasteiger partial charge >= 0.3 is 5.97 Å². The summed E-state index contributed by atoms with van der Waals surface area (Å²) in [5.74, 6) is -0.276. The first-order chi connectivity index (χ1) is 12.3. The molecule has 4 rings (SSSR count). The van der Waals surface area contributed by atoms with E-state index < -0.39 is 10.8 Å². The lowest BCUT2D eigenvalue weighted by atomic mass is 9.70. The molecule has 1 aromatic heterocycles. The molecule has 1 amide bonds. The van der Waals surface area contributed by atoms with E-state index in [9.17, 15) is 14.4 Å². The first-order valence-electron chi connectivity index (χ1n) is 9.49. The molecule has 6 heteroatoms. The zero-order valence-electron chi connectivity index (χ0n) is 15.6. The molecule has 26 heavy (non-hydrogen) atoms. The molecular weight excluding hydrogens is 350 g/mol. The molecule has 0 aromatic carbocycles. The second-order valence-electron chi connectivity index (χ2n) is 8.31. The normalized spacial score (nSPS) is 28.3. The molecule has 1 aromatic rings. The molecule has 0 radical (unpaired) electrons. The van der Waals surface area contributed by atoms with Gasteiger partial charge in [0.1, 0.15) is 10.4 Å². The van der Waals surface area contributed by atoms with Crippen LogP contribution < -0.4 is 5.32 Å². The van der Waals surface area contributed by atoms with Gasteiger partial charge in [-0.15, -0.1) is 11.3 Å². The molecule has 1 N–H and O–H groups in total. The van der Waals surface area contributed by atoms with Crippen LogP contribution in [0.25, 0.3) is 0 Å². The summed E-state index contributed by atoms with van der Waals surface area (Å²) in [7, 11) is 0. The number of ether oxygens (including phenoxy) is 1. The highest BCUT2D eigenvalue weighted by molar-refractivity contribution is 7.17. The third kappa shape index (κ3) is 2.30. The number of ketones is 1. The van der Waals surface area contributed by atoms with Gasteiger partial charge in [0.05, 0.1) is 12.2 Å². The zero-order chi connectivity index (χ0) is 18.7. The number of thiophene rings is 1. The minimum Gasteiger partial charge on any atom is -0.462 e. The van der Waals surface area contributed by atoms with Gasteiger partial charge in [-0.1, -0.05) is 13.8 Å². The van der Waals surface area contributed by atoms with Gasteiger partial charge in [0.25, 0.3) is 0 Å². The van der Waals surface area contributed by atoms with Crippen LogP contribution in [0.15, 0.2) is 0 Å². The van der Waals surface area contributed by atoms with Crippen molar-refractivity contribution >= 4 is 34.0 Å². The van der Waals surface area contributed by atoms with E-state index in [4.69, 9.17) is 4.74 Å². The predicted octanol–water partition coefficient (Wildman–Crippen LogP) is 3.75. The van der Waals surface area contributed by atoms with E-state index in [1.54, 1.807) is 6.92 Å². The van der Waals surface area contributed by atoms with E-state index in [0.29, 0.717) is 30.0 Å². The van der Waals surface area contributed by atoms with E-state index in [0.717, 1.165) is 36.1 Å². The summed E-state index contributed by atoms with van der Waals surface area (Å²) in [6.07, 6.45) is 4.96. The average molecular weight is 375 g/mol. The van der Waals surface area contributed by atoms with Crippen LogP contribution in [0, 0.1) is 16.7 Å². The second kappa shape index (κ2) is 5.91. The average Bonchev–Trinajstić information content (AvgIpc) is 3.30. The Labute approximate surface area is 157 Å². The Morgan fingerprint density at radius 2 is 2.08 bits per heavy atom. The highest BCUT2D eigenvalue weighted by atomic mass is 32.1. The van der Waals surface area contributed by atoms with Crippen LogP contribution in [0.1, 0.15) is 67.3 Å². The fourth-order valence-electron chi connectivity index (χ4n) is 5.11. The molecule has 2 saturated carbocycles. The number of nitrogens with one attached hydrogen (secondary N) is 1. The van der Waals surface area contributed by atoms with Crippen molar-refractivity contribution in [2.75, 3.05) is 11.9 Å². The number of hydrogen-bond donors (Lipinski definition) is 1. The molecule has 3 aliphatic carbocycles. The van der Waals surface area contributed by atoms with E-state index in [1.807, 2.05) is 13.8 Å². The Bertz CT molecular complexity index is 809. The van der Waals surface area contributed by atoms with Gasteiger partial charge in [0, 0.05) is 10.3 Å². The number of amides is 1. The molecule has 1 heterocycles. The maximum absolute atomic E-state index is 13.2. The lowest BCUT2D eigenvalue weighted by molar-refractivity contribution is -0.142. The monoisotopic (exact) mass is 375 g/mol. The Balaban J connectivity index is 1.65. The highest BCUT2D eigenvalue weighted by Crippen LogP contribution is 2.60. The number of aryl methyl sites for hydroxylation is 1. The highest BCUT2D eigenvalue weighted by Gasteiger charge is 2.65. The molecule has 2 atom stereocenters. The summed E-state index contributed by atoms with van der Waals surface area (Å²) < 4.78 is 5.22. The van der Waals surface area contributed by atoms with Crippen molar-refractivity contribution in [3.8, 4) is 0 Å². The number of carbonyl (C=O) groups is 3. The number of fused-ring (bicyclic) bond motifs is 3. The molecule has 2 unspecified atom stereocenters. The van der Waals surface area contributed by atoms with E-state index >= 15 is 0 Å². The summed E-state index contributed by atoms with van der Waals surface area (Å²) in [5, 5.41) is 3.53. The Kier molecular flexibility index (Phi) is 4.03. The lowest BCUT2D eigenvalue weighted by Gasteiger charge is -2.32. The van der Waals surface area contributed by atoms with Crippen molar-refractivity contribution in [1.82, 2.24) is 0 Å². The number of Topliss-reactive ketones (excluding diaryl/α,β-unsaturated/α-hetero) is 1. The fourth-order valence-corrected chi connectivity index (χ4v) is 6.39. The summed E-state index contributed by atoms with van der Waals surface area (Å²) in [6, 6.07) is 0. The molecule has 5 nitrogen and oxygen atoms in total. The fraction of sp³-hybridized carbons (Fsp3) is 0.650. The zero-order valence-corrected chi connectivity index (χ0v) is 16.4. The molecule has 0 spiro atoms. The quantitative estimate of drug-likeness (QED) is 0.643. The molecule has 2 bridgehead atoms. The summed E-state index contributed by atoms with van der Waals surface area (Å²) in [5.41, 5.74) is 0.169. The first-order valence-corrected chi connectivity index (χ1v) is 10.3. The van der Waals surface area contributed by atoms with E-state index in [-0.39, 0.29) is 23.6 Å². The molecule has 140 valence electrons. The third-order valence-electron chi connectivity index (χ3n) is 6.62. The second-order valence-corrected chi connectivity index (χ2v) is 9.41. The molecule has 3 aliphatic rings. The molecule has 0 saturated heterocycles. The first kappa shape index (κ1) is 17.7. The summed E-state index contributed by atoms with van der Waals surface area (Å²) >= 11 is 1.47. The van der Waals surface area contributed by atoms with Crippen molar-refractivity contribution in [2.24, 2.45) is 16.7 Å². The topological polar surface area (TPSA) is 72.5 Å². The number of hydrogen-bond acceptors (Lipinski definition) is 5. The van der Waals surface area contributed by atoms with E-state index in [2.05, 4.69) is 5.32 Å². The standard InChI is InChI=1S/C20H25NO4S/c1-4-25-16(22)14-12-6-5-7-13(12)26-15(14)21-18(24)20-9-8-11(10-20)19(2,3)17(20)23/h11H,4-10H2,1-3H3,(H,21,24). The van der Waals surface area contributed by atoms with Gasteiger partial charge in [-0.25, -0.2) is 4.79 Å². The third-order valence-corrected chi connectivity index (χ3v) is 7.82. The maximum atomic E-state index is 13.2. The predicted molar refractivity (Wildman–Crippen MR) is 99.5 cm³/mol. The van der Waals surface area contributed by atoms with Crippen LogP contribution in [0.2, 0.25) is 0 Å². The number of esters is 1. The van der Waals surface area contributed by atoms with Crippen LogP contribution in [-0.2, 0) is 27.2 Å². The summed E-state index contributed by atoms with van der Waals surface area (Å²) in [6.45, 7) is 5.99. The van der Waals surface area contributed by atoms with Crippen molar-refractivity contribution in [1.29, 1.82) is 0 Å². The van der Waals surface area contributed by atoms with E-state index in [1.165, 1.54) is 11.3 Å². The van der Waals surface area contributed by atoms with Gasteiger partial charge in [-0.2, -0.15) is 0 Å². The Hall–Kier alpha value is -1.69.